The second-order valence-corrected chi connectivity index (χ2v) is 4.67. The van der Waals surface area contributed by atoms with Gasteiger partial charge >= 0.3 is 0 Å². The summed E-state index contributed by atoms with van der Waals surface area (Å²) in [7, 11) is 0. The van der Waals surface area contributed by atoms with Gasteiger partial charge in [0.2, 0.25) is 0 Å². The van der Waals surface area contributed by atoms with E-state index in [1.165, 1.54) is 5.56 Å². The Morgan fingerprint density at radius 3 is 2.53 bits per heavy atom. The third kappa shape index (κ3) is 2.13. The van der Waals surface area contributed by atoms with Crippen LogP contribution in [0.15, 0.2) is 48.5 Å². The maximum absolute atomic E-state index is 9.26. The summed E-state index contributed by atoms with van der Waals surface area (Å²) in [5.41, 5.74) is 4.34. The van der Waals surface area contributed by atoms with Crippen molar-refractivity contribution >= 4 is 11.0 Å². The monoisotopic (exact) mass is 252 g/mol. The number of fused-ring (bicyclic) bond motifs is 1. The standard InChI is InChI=1S/C16H16N2O/c1-12-6-8-13(9-7-12)16-17-14-4-2-3-5-15(14)18(16)10-11-19/h2-9,19H,10-11H2,1H3. The van der Waals surface area contributed by atoms with Gasteiger partial charge in [-0.3, -0.25) is 0 Å². The normalized spacial score (nSPS) is 11.1. The van der Waals surface area contributed by atoms with Gasteiger partial charge in [-0.05, 0) is 19.1 Å². The zero-order valence-electron chi connectivity index (χ0n) is 10.9. The van der Waals surface area contributed by atoms with Gasteiger partial charge in [-0.2, -0.15) is 0 Å². The van der Waals surface area contributed by atoms with E-state index >= 15 is 0 Å². The Labute approximate surface area is 112 Å². The highest BCUT2D eigenvalue weighted by Gasteiger charge is 2.11. The minimum atomic E-state index is 0.110. The zero-order valence-corrected chi connectivity index (χ0v) is 10.9. The van der Waals surface area contributed by atoms with Gasteiger partial charge in [-0.25, -0.2) is 4.98 Å². The van der Waals surface area contributed by atoms with Crippen molar-refractivity contribution in [2.75, 3.05) is 6.61 Å². The van der Waals surface area contributed by atoms with Crippen LogP contribution >= 0.6 is 0 Å². The van der Waals surface area contributed by atoms with Gasteiger partial charge < -0.3 is 9.67 Å². The SMILES string of the molecule is Cc1ccc(-c2nc3ccccc3n2CCO)cc1. The summed E-state index contributed by atoms with van der Waals surface area (Å²) in [6.45, 7) is 2.74. The van der Waals surface area contributed by atoms with Crippen molar-refractivity contribution in [3.05, 3.63) is 54.1 Å². The Bertz CT molecular complexity index is 698. The van der Waals surface area contributed by atoms with E-state index in [2.05, 4.69) is 40.7 Å². The van der Waals surface area contributed by atoms with Crippen LogP contribution in [0.5, 0.6) is 0 Å². The Balaban J connectivity index is 2.21. The van der Waals surface area contributed by atoms with Crippen LogP contribution in [0.4, 0.5) is 0 Å². The van der Waals surface area contributed by atoms with E-state index in [4.69, 9.17) is 0 Å². The van der Waals surface area contributed by atoms with E-state index in [0.717, 1.165) is 22.4 Å². The molecule has 1 aromatic heterocycles. The topological polar surface area (TPSA) is 38.0 Å². The van der Waals surface area contributed by atoms with Crippen molar-refractivity contribution in [3.8, 4) is 11.4 Å². The molecule has 0 aliphatic rings. The number of para-hydroxylation sites is 2. The molecule has 96 valence electrons. The average molecular weight is 252 g/mol. The van der Waals surface area contributed by atoms with Crippen molar-refractivity contribution in [2.45, 2.75) is 13.5 Å². The third-order valence-electron chi connectivity index (χ3n) is 3.29. The Morgan fingerprint density at radius 2 is 1.79 bits per heavy atom. The highest BCUT2D eigenvalue weighted by molar-refractivity contribution is 5.80. The van der Waals surface area contributed by atoms with Gasteiger partial charge in [0.1, 0.15) is 5.82 Å². The number of rotatable bonds is 3. The second-order valence-electron chi connectivity index (χ2n) is 4.67. The lowest BCUT2D eigenvalue weighted by Crippen LogP contribution is -2.04. The van der Waals surface area contributed by atoms with Crippen LogP contribution in [-0.2, 0) is 6.54 Å². The quantitative estimate of drug-likeness (QED) is 0.778. The molecule has 1 N–H and O–H groups in total. The van der Waals surface area contributed by atoms with Crippen molar-refractivity contribution in [3.63, 3.8) is 0 Å². The van der Waals surface area contributed by atoms with Crippen LogP contribution in [-0.4, -0.2) is 21.3 Å². The predicted molar refractivity (Wildman–Crippen MR) is 77.0 cm³/mol. The molecule has 0 fully saturated rings. The van der Waals surface area contributed by atoms with E-state index in [1.807, 2.05) is 24.3 Å². The highest BCUT2D eigenvalue weighted by Crippen LogP contribution is 2.24. The van der Waals surface area contributed by atoms with Crippen molar-refractivity contribution in [1.82, 2.24) is 9.55 Å². The first-order valence-corrected chi connectivity index (χ1v) is 6.43. The molecule has 3 aromatic rings. The van der Waals surface area contributed by atoms with Gasteiger partial charge in [-0.1, -0.05) is 42.0 Å². The number of benzene rings is 2. The maximum Gasteiger partial charge on any atom is 0.141 e. The average Bonchev–Trinajstić information content (AvgIpc) is 2.79. The molecule has 2 aromatic carbocycles. The number of imidazole rings is 1. The number of hydrogen-bond acceptors (Lipinski definition) is 2. The fraction of sp³-hybridized carbons (Fsp3) is 0.188. The summed E-state index contributed by atoms with van der Waals surface area (Å²) in [6.07, 6.45) is 0. The van der Waals surface area contributed by atoms with E-state index < -0.39 is 0 Å². The smallest absolute Gasteiger partial charge is 0.141 e. The summed E-state index contributed by atoms with van der Waals surface area (Å²) in [5.74, 6) is 0.912. The molecule has 0 aliphatic carbocycles. The number of nitrogens with zero attached hydrogens (tertiary/aromatic N) is 2. The van der Waals surface area contributed by atoms with E-state index in [1.54, 1.807) is 0 Å². The van der Waals surface area contributed by atoms with E-state index in [-0.39, 0.29) is 6.61 Å². The molecule has 0 unspecified atom stereocenters. The highest BCUT2D eigenvalue weighted by atomic mass is 16.3. The molecule has 0 atom stereocenters. The summed E-state index contributed by atoms with van der Waals surface area (Å²) in [5, 5.41) is 9.26. The van der Waals surface area contributed by atoms with Gasteiger partial charge in [0, 0.05) is 12.1 Å². The molecule has 3 nitrogen and oxygen atoms in total. The van der Waals surface area contributed by atoms with Crippen LogP contribution in [0.25, 0.3) is 22.4 Å². The summed E-state index contributed by atoms with van der Waals surface area (Å²) >= 11 is 0. The number of aliphatic hydroxyl groups is 1. The van der Waals surface area contributed by atoms with Gasteiger partial charge in [0.25, 0.3) is 0 Å². The largest absolute Gasteiger partial charge is 0.395 e. The number of aromatic nitrogens is 2. The zero-order chi connectivity index (χ0) is 13.2. The molecular formula is C16H16N2O. The van der Waals surface area contributed by atoms with Crippen molar-refractivity contribution in [2.24, 2.45) is 0 Å². The van der Waals surface area contributed by atoms with Crippen molar-refractivity contribution in [1.29, 1.82) is 0 Å². The molecule has 0 aliphatic heterocycles. The van der Waals surface area contributed by atoms with Crippen LogP contribution in [0.2, 0.25) is 0 Å². The Hall–Kier alpha value is -2.13. The third-order valence-corrected chi connectivity index (χ3v) is 3.29. The Morgan fingerprint density at radius 1 is 1.05 bits per heavy atom. The molecule has 0 saturated heterocycles. The molecule has 19 heavy (non-hydrogen) atoms. The molecule has 1 heterocycles. The molecular weight excluding hydrogens is 236 g/mol. The number of hydrogen-bond donors (Lipinski definition) is 1. The lowest BCUT2D eigenvalue weighted by atomic mass is 10.1. The van der Waals surface area contributed by atoms with Crippen LogP contribution in [0, 0.1) is 6.92 Å². The molecule has 0 saturated carbocycles. The van der Waals surface area contributed by atoms with E-state index in [9.17, 15) is 5.11 Å². The lowest BCUT2D eigenvalue weighted by Gasteiger charge is -2.07. The first-order valence-electron chi connectivity index (χ1n) is 6.43. The molecule has 3 heteroatoms. The van der Waals surface area contributed by atoms with Crippen molar-refractivity contribution < 1.29 is 5.11 Å². The summed E-state index contributed by atoms with van der Waals surface area (Å²) in [4.78, 5) is 4.68. The lowest BCUT2D eigenvalue weighted by molar-refractivity contribution is 0.278. The second kappa shape index (κ2) is 4.86. The first-order chi connectivity index (χ1) is 9.29. The fourth-order valence-electron chi connectivity index (χ4n) is 2.32. The van der Waals surface area contributed by atoms with Gasteiger partial charge in [0.05, 0.1) is 17.6 Å². The minimum absolute atomic E-state index is 0.110. The molecule has 0 radical (unpaired) electrons. The predicted octanol–water partition coefficient (Wildman–Crippen LogP) is 3.00. The van der Waals surface area contributed by atoms with Crippen LogP contribution in [0.3, 0.4) is 0 Å². The maximum atomic E-state index is 9.26. The van der Waals surface area contributed by atoms with E-state index in [0.29, 0.717) is 6.54 Å². The Kier molecular flexibility index (Phi) is 3.05. The fourth-order valence-corrected chi connectivity index (χ4v) is 2.32. The first kappa shape index (κ1) is 11.9. The molecule has 0 spiro atoms. The molecule has 0 amide bonds. The molecule has 3 rings (SSSR count). The van der Waals surface area contributed by atoms with Gasteiger partial charge in [-0.15, -0.1) is 0 Å². The number of aliphatic hydroxyl groups excluding tert-OH is 1. The van der Waals surface area contributed by atoms with Crippen LogP contribution in [0.1, 0.15) is 5.56 Å². The van der Waals surface area contributed by atoms with Crippen LogP contribution < -0.4 is 0 Å². The van der Waals surface area contributed by atoms with Gasteiger partial charge in [0.15, 0.2) is 0 Å². The summed E-state index contributed by atoms with van der Waals surface area (Å²) < 4.78 is 2.07. The summed E-state index contributed by atoms with van der Waals surface area (Å²) in [6, 6.07) is 16.3. The molecule has 0 bridgehead atoms. The minimum Gasteiger partial charge on any atom is -0.395 e. The number of aryl methyl sites for hydroxylation is 1.